The van der Waals surface area contributed by atoms with Gasteiger partial charge in [0.15, 0.2) is 0 Å². The van der Waals surface area contributed by atoms with E-state index in [-0.39, 0.29) is 5.69 Å². The Hall–Kier alpha value is -3.74. The SMILES string of the molecule is Cc1cc(-c2ccc(Cl)cc2)c2sc(-c3ccnc(-c4ccc5c(c4)[nH]c(=O)n5C)c3)nc2c1. The quantitative estimate of drug-likeness (QED) is 0.300. The van der Waals surface area contributed by atoms with E-state index in [1.165, 1.54) is 0 Å². The van der Waals surface area contributed by atoms with E-state index in [1.54, 1.807) is 29.1 Å². The molecule has 6 rings (SSSR count). The van der Waals surface area contributed by atoms with E-state index in [0.29, 0.717) is 0 Å². The van der Waals surface area contributed by atoms with Crippen molar-refractivity contribution in [3.05, 3.63) is 94.0 Å². The Kier molecular flexibility index (Phi) is 4.86. The highest BCUT2D eigenvalue weighted by Crippen LogP contribution is 2.38. The van der Waals surface area contributed by atoms with E-state index >= 15 is 0 Å². The zero-order valence-electron chi connectivity index (χ0n) is 18.5. The summed E-state index contributed by atoms with van der Waals surface area (Å²) >= 11 is 7.78. The summed E-state index contributed by atoms with van der Waals surface area (Å²) < 4.78 is 2.74. The fourth-order valence-corrected chi connectivity index (χ4v) is 5.46. The number of nitrogens with one attached hydrogen (secondary N) is 1. The number of benzene rings is 3. The van der Waals surface area contributed by atoms with Crippen LogP contribution in [0.2, 0.25) is 5.02 Å². The molecular weight excluding hydrogens is 464 g/mol. The van der Waals surface area contributed by atoms with E-state index in [2.05, 4.69) is 35.1 Å². The molecule has 0 saturated heterocycles. The monoisotopic (exact) mass is 482 g/mol. The number of thiazole rings is 1. The van der Waals surface area contributed by atoms with Gasteiger partial charge in [-0.3, -0.25) is 9.55 Å². The number of pyridine rings is 1. The van der Waals surface area contributed by atoms with Crippen molar-refractivity contribution in [2.24, 2.45) is 7.05 Å². The summed E-state index contributed by atoms with van der Waals surface area (Å²) in [5, 5.41) is 1.66. The molecule has 3 heterocycles. The average molecular weight is 483 g/mol. The van der Waals surface area contributed by atoms with Crippen LogP contribution in [-0.2, 0) is 7.05 Å². The van der Waals surface area contributed by atoms with Crippen LogP contribution < -0.4 is 5.69 Å². The number of rotatable bonds is 3. The van der Waals surface area contributed by atoms with Gasteiger partial charge >= 0.3 is 5.69 Å². The number of aromatic nitrogens is 4. The number of imidazole rings is 1. The largest absolute Gasteiger partial charge is 0.326 e. The Labute approximate surface area is 204 Å². The molecule has 6 aromatic rings. The van der Waals surface area contributed by atoms with Crippen molar-refractivity contribution < 1.29 is 0 Å². The van der Waals surface area contributed by atoms with Crippen LogP contribution in [0, 0.1) is 6.92 Å². The predicted octanol–water partition coefficient (Wildman–Crippen LogP) is 6.83. The molecule has 0 spiro atoms. The van der Waals surface area contributed by atoms with Gasteiger partial charge in [-0.2, -0.15) is 0 Å². The lowest BCUT2D eigenvalue weighted by Crippen LogP contribution is -2.11. The Morgan fingerprint density at radius 1 is 0.941 bits per heavy atom. The van der Waals surface area contributed by atoms with Gasteiger partial charge in [0, 0.05) is 35.0 Å². The lowest BCUT2D eigenvalue weighted by atomic mass is 10.0. The lowest BCUT2D eigenvalue weighted by Gasteiger charge is -2.05. The number of aromatic amines is 1. The van der Waals surface area contributed by atoms with E-state index in [1.807, 2.05) is 48.5 Å². The van der Waals surface area contributed by atoms with Gasteiger partial charge in [0.2, 0.25) is 0 Å². The van der Waals surface area contributed by atoms with Crippen molar-refractivity contribution in [1.29, 1.82) is 0 Å². The second-order valence-electron chi connectivity index (χ2n) is 8.34. The fourth-order valence-electron chi connectivity index (χ4n) is 4.26. The van der Waals surface area contributed by atoms with Gasteiger partial charge in [-0.05, 0) is 66.6 Å². The minimum Gasteiger partial charge on any atom is -0.306 e. The molecule has 166 valence electrons. The Bertz CT molecular complexity index is 1760. The van der Waals surface area contributed by atoms with Gasteiger partial charge < -0.3 is 4.98 Å². The summed E-state index contributed by atoms with van der Waals surface area (Å²) in [6.45, 7) is 2.09. The summed E-state index contributed by atoms with van der Waals surface area (Å²) in [7, 11) is 1.76. The molecule has 0 amide bonds. The molecule has 0 aliphatic heterocycles. The minimum atomic E-state index is -0.130. The summed E-state index contributed by atoms with van der Waals surface area (Å²) in [4.78, 5) is 24.4. The van der Waals surface area contributed by atoms with Crippen LogP contribution in [0.15, 0.2) is 77.7 Å². The summed E-state index contributed by atoms with van der Waals surface area (Å²) in [5.74, 6) is 0. The zero-order valence-corrected chi connectivity index (χ0v) is 20.0. The third-order valence-electron chi connectivity index (χ3n) is 6.00. The van der Waals surface area contributed by atoms with Gasteiger partial charge in [-0.25, -0.2) is 9.78 Å². The Morgan fingerprint density at radius 2 is 1.74 bits per heavy atom. The van der Waals surface area contributed by atoms with Gasteiger partial charge in [-0.15, -0.1) is 11.3 Å². The molecule has 0 atom stereocenters. The van der Waals surface area contributed by atoms with Crippen molar-refractivity contribution in [2.75, 3.05) is 0 Å². The maximum atomic E-state index is 12.0. The van der Waals surface area contributed by atoms with Crippen molar-refractivity contribution in [3.63, 3.8) is 0 Å². The van der Waals surface area contributed by atoms with E-state index in [4.69, 9.17) is 16.6 Å². The van der Waals surface area contributed by atoms with Crippen LogP contribution >= 0.6 is 22.9 Å². The molecule has 0 radical (unpaired) electrons. The molecule has 34 heavy (non-hydrogen) atoms. The molecule has 3 aromatic heterocycles. The van der Waals surface area contributed by atoms with Crippen molar-refractivity contribution >= 4 is 44.2 Å². The predicted molar refractivity (Wildman–Crippen MR) is 141 cm³/mol. The number of aryl methyl sites for hydroxylation is 2. The Morgan fingerprint density at radius 3 is 2.56 bits per heavy atom. The number of halogens is 1. The first-order chi connectivity index (χ1) is 16.5. The topological polar surface area (TPSA) is 63.6 Å². The molecule has 3 aromatic carbocycles. The first-order valence-corrected chi connectivity index (χ1v) is 12.0. The van der Waals surface area contributed by atoms with Gasteiger partial charge in [0.25, 0.3) is 0 Å². The summed E-state index contributed by atoms with van der Waals surface area (Å²) in [6.07, 6.45) is 1.81. The third-order valence-corrected chi connectivity index (χ3v) is 7.40. The smallest absolute Gasteiger partial charge is 0.306 e. The second-order valence-corrected chi connectivity index (χ2v) is 9.77. The van der Waals surface area contributed by atoms with E-state index in [9.17, 15) is 4.79 Å². The highest BCUT2D eigenvalue weighted by atomic mass is 35.5. The fraction of sp³-hybridized carbons (Fsp3) is 0.0741. The van der Waals surface area contributed by atoms with Crippen molar-refractivity contribution in [2.45, 2.75) is 6.92 Å². The second kappa shape index (κ2) is 7.94. The number of hydrogen-bond donors (Lipinski definition) is 1. The van der Waals surface area contributed by atoms with Crippen LogP contribution in [0.25, 0.3) is 54.2 Å². The van der Waals surface area contributed by atoms with E-state index < -0.39 is 0 Å². The van der Waals surface area contributed by atoms with Crippen LogP contribution in [-0.4, -0.2) is 19.5 Å². The van der Waals surface area contributed by atoms with Crippen molar-refractivity contribution in [1.82, 2.24) is 19.5 Å². The normalized spacial score (nSPS) is 11.5. The molecular formula is C27H19ClN4OS. The van der Waals surface area contributed by atoms with Gasteiger partial charge in [0.05, 0.1) is 26.9 Å². The summed E-state index contributed by atoms with van der Waals surface area (Å²) in [5.41, 5.74) is 8.72. The highest BCUT2D eigenvalue weighted by molar-refractivity contribution is 7.22. The number of hydrogen-bond acceptors (Lipinski definition) is 4. The maximum absolute atomic E-state index is 12.0. The van der Waals surface area contributed by atoms with E-state index in [0.717, 1.165) is 64.8 Å². The zero-order chi connectivity index (χ0) is 23.4. The van der Waals surface area contributed by atoms with Gasteiger partial charge in [0.1, 0.15) is 5.01 Å². The van der Waals surface area contributed by atoms with Crippen LogP contribution in [0.5, 0.6) is 0 Å². The molecule has 5 nitrogen and oxygen atoms in total. The molecule has 0 aliphatic carbocycles. The molecule has 7 heteroatoms. The molecule has 0 bridgehead atoms. The van der Waals surface area contributed by atoms with Crippen LogP contribution in [0.1, 0.15) is 5.56 Å². The molecule has 0 fully saturated rings. The molecule has 0 saturated carbocycles. The molecule has 0 unspecified atom stereocenters. The molecule has 0 aliphatic rings. The summed E-state index contributed by atoms with van der Waals surface area (Å²) in [6, 6.07) is 22.2. The number of fused-ring (bicyclic) bond motifs is 2. The standard InChI is InChI=1S/C27H19ClN4OS/c1-15-11-20(16-3-6-19(28)7-4-16)25-23(12-15)30-26(34-25)18-9-10-29-21(14-18)17-5-8-24-22(13-17)31-27(33)32(24)2/h3-14H,1-2H3,(H,31,33). The highest BCUT2D eigenvalue weighted by Gasteiger charge is 2.14. The third kappa shape index (κ3) is 3.52. The Balaban J connectivity index is 1.46. The minimum absolute atomic E-state index is 0.130. The van der Waals surface area contributed by atoms with Crippen LogP contribution in [0.3, 0.4) is 0 Å². The first-order valence-electron chi connectivity index (χ1n) is 10.8. The number of nitrogens with zero attached hydrogens (tertiary/aromatic N) is 3. The molecule has 1 N–H and O–H groups in total. The first kappa shape index (κ1) is 20.8. The van der Waals surface area contributed by atoms with Crippen molar-refractivity contribution in [3.8, 4) is 33.0 Å². The number of H-pyrrole nitrogens is 1. The van der Waals surface area contributed by atoms with Crippen LogP contribution in [0.4, 0.5) is 0 Å². The average Bonchev–Trinajstić information content (AvgIpc) is 3.39. The lowest BCUT2D eigenvalue weighted by molar-refractivity contribution is 0.891. The maximum Gasteiger partial charge on any atom is 0.326 e. The van der Waals surface area contributed by atoms with Gasteiger partial charge in [-0.1, -0.05) is 29.8 Å².